The zero-order valence-corrected chi connectivity index (χ0v) is 16.1. The van der Waals surface area contributed by atoms with Crippen LogP contribution >= 0.6 is 0 Å². The highest BCUT2D eigenvalue weighted by Gasteiger charge is 2.31. The van der Waals surface area contributed by atoms with Crippen LogP contribution in [0.5, 0.6) is 11.5 Å². The van der Waals surface area contributed by atoms with Gasteiger partial charge in [0.1, 0.15) is 19.8 Å². The Morgan fingerprint density at radius 3 is 2.63 bits per heavy atom. The van der Waals surface area contributed by atoms with Crippen molar-refractivity contribution in [3.63, 3.8) is 0 Å². The van der Waals surface area contributed by atoms with Crippen LogP contribution in [-0.2, 0) is 4.79 Å². The van der Waals surface area contributed by atoms with Gasteiger partial charge in [-0.15, -0.1) is 0 Å². The first-order chi connectivity index (χ1) is 13.1. The molecule has 0 atom stereocenters. The number of rotatable bonds is 8. The van der Waals surface area contributed by atoms with E-state index in [2.05, 4.69) is 24.1 Å². The van der Waals surface area contributed by atoms with E-state index in [0.717, 1.165) is 25.3 Å². The van der Waals surface area contributed by atoms with Gasteiger partial charge < -0.3 is 24.6 Å². The van der Waals surface area contributed by atoms with Crippen LogP contribution in [0.2, 0.25) is 0 Å². The van der Waals surface area contributed by atoms with Gasteiger partial charge in [0, 0.05) is 37.9 Å². The molecule has 3 rings (SSSR count). The van der Waals surface area contributed by atoms with Gasteiger partial charge in [-0.25, -0.2) is 4.79 Å². The minimum Gasteiger partial charge on any atom is -0.486 e. The first kappa shape index (κ1) is 19.3. The Labute approximate surface area is 160 Å². The number of ether oxygens (including phenoxy) is 2. The van der Waals surface area contributed by atoms with Crippen molar-refractivity contribution in [2.45, 2.75) is 13.8 Å². The topological polar surface area (TPSA) is 74.4 Å². The molecule has 2 heterocycles. The summed E-state index contributed by atoms with van der Waals surface area (Å²) in [5, 5.41) is 2.90. The Balaban J connectivity index is 1.52. The van der Waals surface area contributed by atoms with Crippen molar-refractivity contribution in [3.8, 4) is 11.5 Å². The standard InChI is InChI=1S/C19H28N4O4/c1-3-21(4-2)8-7-20-18(24)14-22-9-10-23(19(22)25)15-5-6-16-17(13-15)27-12-11-26-16/h5-6,13H,3-4,7-12,14H2,1-2H3,(H,20,24). The fourth-order valence-electron chi connectivity index (χ4n) is 3.29. The molecule has 27 heavy (non-hydrogen) atoms. The van der Waals surface area contributed by atoms with Crippen molar-refractivity contribution in [2.75, 3.05) is 63.9 Å². The second-order valence-electron chi connectivity index (χ2n) is 6.56. The number of nitrogens with one attached hydrogen (secondary N) is 1. The molecule has 1 N–H and O–H groups in total. The smallest absolute Gasteiger partial charge is 0.325 e. The summed E-state index contributed by atoms with van der Waals surface area (Å²) in [6.45, 7) is 9.71. The van der Waals surface area contributed by atoms with Gasteiger partial charge in [-0.3, -0.25) is 9.69 Å². The lowest BCUT2D eigenvalue weighted by Gasteiger charge is -2.22. The number of likely N-dealkylation sites (N-methyl/N-ethyl adjacent to an activating group) is 1. The summed E-state index contributed by atoms with van der Waals surface area (Å²) in [5.74, 6) is 1.22. The zero-order chi connectivity index (χ0) is 19.2. The molecule has 1 saturated heterocycles. The number of carbonyl (C=O) groups excluding carboxylic acids is 2. The van der Waals surface area contributed by atoms with E-state index in [0.29, 0.717) is 44.3 Å². The van der Waals surface area contributed by atoms with Gasteiger partial charge in [-0.1, -0.05) is 13.8 Å². The maximum atomic E-state index is 12.7. The number of amides is 3. The van der Waals surface area contributed by atoms with Gasteiger partial charge in [0.05, 0.1) is 0 Å². The van der Waals surface area contributed by atoms with Gasteiger partial charge >= 0.3 is 6.03 Å². The van der Waals surface area contributed by atoms with Crippen LogP contribution in [0, 0.1) is 0 Å². The number of carbonyl (C=O) groups is 2. The number of hydrogen-bond donors (Lipinski definition) is 1. The maximum absolute atomic E-state index is 12.7. The Hall–Kier alpha value is -2.48. The molecule has 0 aliphatic carbocycles. The van der Waals surface area contributed by atoms with Crippen LogP contribution in [-0.4, -0.2) is 80.8 Å². The average Bonchev–Trinajstić information content (AvgIpc) is 3.05. The predicted octanol–water partition coefficient (Wildman–Crippen LogP) is 1.16. The van der Waals surface area contributed by atoms with Crippen molar-refractivity contribution < 1.29 is 19.1 Å². The molecule has 1 aromatic carbocycles. The van der Waals surface area contributed by atoms with E-state index in [1.54, 1.807) is 9.80 Å². The molecule has 3 amide bonds. The van der Waals surface area contributed by atoms with E-state index in [4.69, 9.17) is 9.47 Å². The van der Waals surface area contributed by atoms with E-state index in [1.165, 1.54) is 0 Å². The van der Waals surface area contributed by atoms with Gasteiger partial charge in [0.15, 0.2) is 11.5 Å². The number of nitrogens with zero attached hydrogens (tertiary/aromatic N) is 3. The van der Waals surface area contributed by atoms with E-state index in [1.807, 2.05) is 18.2 Å². The molecule has 1 fully saturated rings. The van der Waals surface area contributed by atoms with Gasteiger partial charge in [-0.2, -0.15) is 0 Å². The molecule has 0 aromatic heterocycles. The summed E-state index contributed by atoms with van der Waals surface area (Å²) in [4.78, 5) is 30.3. The Bertz CT molecular complexity index is 678. The molecule has 0 saturated carbocycles. The molecular weight excluding hydrogens is 348 g/mol. The van der Waals surface area contributed by atoms with Gasteiger partial charge in [0.2, 0.25) is 5.91 Å². The van der Waals surface area contributed by atoms with E-state index >= 15 is 0 Å². The number of fused-ring (bicyclic) bond motifs is 1. The summed E-state index contributed by atoms with van der Waals surface area (Å²) in [6, 6.07) is 5.32. The number of hydrogen-bond acceptors (Lipinski definition) is 5. The Morgan fingerprint density at radius 1 is 1.15 bits per heavy atom. The minimum absolute atomic E-state index is 0.0815. The molecule has 0 spiro atoms. The van der Waals surface area contributed by atoms with Crippen molar-refractivity contribution in [3.05, 3.63) is 18.2 Å². The van der Waals surface area contributed by atoms with E-state index in [9.17, 15) is 9.59 Å². The summed E-state index contributed by atoms with van der Waals surface area (Å²) in [5.41, 5.74) is 0.758. The molecule has 0 radical (unpaired) electrons. The summed E-state index contributed by atoms with van der Waals surface area (Å²) in [7, 11) is 0. The first-order valence-corrected chi connectivity index (χ1v) is 9.57. The molecule has 0 bridgehead atoms. The fourth-order valence-corrected chi connectivity index (χ4v) is 3.29. The SMILES string of the molecule is CCN(CC)CCNC(=O)CN1CCN(c2ccc3c(c2)OCCO3)C1=O. The third-order valence-corrected chi connectivity index (χ3v) is 4.91. The fraction of sp³-hybridized carbons (Fsp3) is 0.579. The lowest BCUT2D eigenvalue weighted by atomic mass is 10.2. The predicted molar refractivity (Wildman–Crippen MR) is 103 cm³/mol. The lowest BCUT2D eigenvalue weighted by molar-refractivity contribution is -0.121. The monoisotopic (exact) mass is 376 g/mol. The minimum atomic E-state index is -0.162. The molecule has 2 aliphatic rings. The number of benzene rings is 1. The van der Waals surface area contributed by atoms with Crippen molar-refractivity contribution in [1.29, 1.82) is 0 Å². The number of urea groups is 1. The second kappa shape index (κ2) is 8.94. The molecule has 8 nitrogen and oxygen atoms in total. The van der Waals surface area contributed by atoms with Gasteiger partial charge in [0.25, 0.3) is 0 Å². The summed E-state index contributed by atoms with van der Waals surface area (Å²) in [6.07, 6.45) is 0. The highest BCUT2D eigenvalue weighted by Crippen LogP contribution is 2.34. The van der Waals surface area contributed by atoms with Crippen LogP contribution in [0.1, 0.15) is 13.8 Å². The second-order valence-corrected chi connectivity index (χ2v) is 6.56. The van der Waals surface area contributed by atoms with Crippen LogP contribution < -0.4 is 19.7 Å². The molecule has 8 heteroatoms. The lowest BCUT2D eigenvalue weighted by Crippen LogP contribution is -2.42. The summed E-state index contributed by atoms with van der Waals surface area (Å²) < 4.78 is 11.1. The molecule has 148 valence electrons. The van der Waals surface area contributed by atoms with E-state index < -0.39 is 0 Å². The van der Waals surface area contributed by atoms with Crippen molar-refractivity contribution in [2.24, 2.45) is 0 Å². The van der Waals surface area contributed by atoms with Crippen LogP contribution in [0.3, 0.4) is 0 Å². The van der Waals surface area contributed by atoms with Crippen LogP contribution in [0.25, 0.3) is 0 Å². The molecule has 1 aromatic rings. The Kier molecular flexibility index (Phi) is 6.39. The Morgan fingerprint density at radius 2 is 1.89 bits per heavy atom. The van der Waals surface area contributed by atoms with Crippen LogP contribution in [0.4, 0.5) is 10.5 Å². The molecule has 0 unspecified atom stereocenters. The maximum Gasteiger partial charge on any atom is 0.325 e. The van der Waals surface area contributed by atoms with Crippen molar-refractivity contribution in [1.82, 2.24) is 15.1 Å². The number of anilines is 1. The van der Waals surface area contributed by atoms with Crippen molar-refractivity contribution >= 4 is 17.6 Å². The average molecular weight is 376 g/mol. The van der Waals surface area contributed by atoms with Crippen LogP contribution in [0.15, 0.2) is 18.2 Å². The quantitative estimate of drug-likeness (QED) is 0.737. The zero-order valence-electron chi connectivity index (χ0n) is 16.1. The highest BCUT2D eigenvalue weighted by molar-refractivity contribution is 5.96. The normalized spacial score (nSPS) is 16.2. The first-order valence-electron chi connectivity index (χ1n) is 9.57. The highest BCUT2D eigenvalue weighted by atomic mass is 16.6. The summed E-state index contributed by atoms with van der Waals surface area (Å²) >= 11 is 0. The largest absolute Gasteiger partial charge is 0.486 e. The third-order valence-electron chi connectivity index (χ3n) is 4.91. The van der Waals surface area contributed by atoms with E-state index in [-0.39, 0.29) is 18.5 Å². The third kappa shape index (κ3) is 4.63. The molecular formula is C19H28N4O4. The van der Waals surface area contributed by atoms with Gasteiger partial charge in [-0.05, 0) is 25.2 Å². The molecule has 2 aliphatic heterocycles.